The van der Waals surface area contributed by atoms with Crippen molar-refractivity contribution in [3.8, 4) is 23.2 Å². The van der Waals surface area contributed by atoms with Gasteiger partial charge in [0.05, 0.1) is 33.6 Å². The van der Waals surface area contributed by atoms with Gasteiger partial charge in [0, 0.05) is 61.2 Å². The van der Waals surface area contributed by atoms with Gasteiger partial charge in [-0.25, -0.2) is 18.2 Å². The summed E-state index contributed by atoms with van der Waals surface area (Å²) in [5, 5.41) is 9.47. The first-order valence-electron chi connectivity index (χ1n) is 16.7. The fraction of sp³-hybridized carbons (Fsp3) is 0.400. The maximum Gasteiger partial charge on any atom is 0.417 e. The number of carbonyl (C=O) groups is 1. The molecule has 8 rings (SSSR count). The first-order valence-corrected chi connectivity index (χ1v) is 18.3. The number of rotatable bonds is 6. The third-order valence-corrected chi connectivity index (χ3v) is 12.3. The number of nitrogens with two attached hydrogens (primary N) is 1. The van der Waals surface area contributed by atoms with Gasteiger partial charge >= 0.3 is 12.2 Å². The molecular weight excluding hydrogens is 743 g/mol. The second-order valence-electron chi connectivity index (χ2n) is 13.7. The number of nitrogens with zero attached hydrogens (tertiary/aromatic N) is 7. The number of ether oxygens (including phenoxy) is 1. The van der Waals surface area contributed by atoms with Crippen LogP contribution < -0.4 is 15.4 Å². The molecular formula is C35H30F6N8O2S2. The molecule has 2 N–H and O–H groups in total. The summed E-state index contributed by atoms with van der Waals surface area (Å²) in [6.45, 7) is 1.21. The highest BCUT2D eigenvalue weighted by molar-refractivity contribution is 7.23. The van der Waals surface area contributed by atoms with E-state index in [0.717, 1.165) is 36.0 Å². The molecule has 10 nitrogen and oxygen atoms in total. The zero-order chi connectivity index (χ0) is 37.6. The maximum atomic E-state index is 17.2. The van der Waals surface area contributed by atoms with Crippen molar-refractivity contribution in [1.82, 2.24) is 24.8 Å². The fourth-order valence-corrected chi connectivity index (χ4v) is 9.89. The predicted octanol–water partition coefficient (Wildman–Crippen LogP) is 6.94. The van der Waals surface area contributed by atoms with Crippen LogP contribution in [0.2, 0.25) is 0 Å². The van der Waals surface area contributed by atoms with Gasteiger partial charge in [-0.3, -0.25) is 9.69 Å². The van der Waals surface area contributed by atoms with Crippen LogP contribution in [0.5, 0.6) is 6.01 Å². The van der Waals surface area contributed by atoms with Gasteiger partial charge in [-0.1, -0.05) is 6.07 Å². The lowest BCUT2D eigenvalue weighted by Crippen LogP contribution is -2.43. The Hall–Kier alpha value is -4.73. The SMILES string of the molecule is CN(C)C(=O)c1nc2c(s1)CN(c1nc(OC[C@@]34CCCN3C[C@H](F)C4)nc3c(F)c(-c4ccc(F)c5sc(N)c(C#N)c45)c(C(F)(F)F)cc13)CC2. The van der Waals surface area contributed by atoms with Crippen molar-refractivity contribution in [2.24, 2.45) is 0 Å². The Morgan fingerprint density at radius 3 is 2.72 bits per heavy atom. The van der Waals surface area contributed by atoms with Gasteiger partial charge in [0.2, 0.25) is 0 Å². The van der Waals surface area contributed by atoms with E-state index in [0.29, 0.717) is 41.3 Å². The first-order chi connectivity index (χ1) is 25.2. The number of thiophene rings is 1. The Kier molecular flexibility index (Phi) is 8.46. The highest BCUT2D eigenvalue weighted by atomic mass is 32.1. The molecule has 18 heteroatoms. The van der Waals surface area contributed by atoms with Crippen LogP contribution in [-0.4, -0.2) is 82.7 Å². The topological polar surface area (TPSA) is 124 Å². The van der Waals surface area contributed by atoms with Crippen LogP contribution >= 0.6 is 22.7 Å². The summed E-state index contributed by atoms with van der Waals surface area (Å²) >= 11 is 1.83. The van der Waals surface area contributed by atoms with Gasteiger partial charge in [-0.15, -0.1) is 22.7 Å². The van der Waals surface area contributed by atoms with Crippen molar-refractivity contribution in [2.75, 3.05) is 51.0 Å². The van der Waals surface area contributed by atoms with Crippen molar-refractivity contribution in [3.05, 3.63) is 56.5 Å². The normalized spacial score (nSPS) is 20.2. The van der Waals surface area contributed by atoms with Crippen LogP contribution in [-0.2, 0) is 19.1 Å². The summed E-state index contributed by atoms with van der Waals surface area (Å²) in [6.07, 6.45) is -4.17. The molecule has 6 heterocycles. The van der Waals surface area contributed by atoms with Crippen LogP contribution in [0.3, 0.4) is 0 Å². The molecule has 0 unspecified atom stereocenters. The molecule has 2 fully saturated rings. The molecule has 276 valence electrons. The number of hydrogen-bond donors (Lipinski definition) is 1. The summed E-state index contributed by atoms with van der Waals surface area (Å²) in [6, 6.07) is 4.16. The van der Waals surface area contributed by atoms with Gasteiger partial charge in [0.15, 0.2) is 10.8 Å². The highest BCUT2D eigenvalue weighted by Gasteiger charge is 2.49. The van der Waals surface area contributed by atoms with E-state index in [-0.39, 0.29) is 87.0 Å². The molecule has 3 aliphatic heterocycles. The number of thiazole rings is 1. The third kappa shape index (κ3) is 5.80. The van der Waals surface area contributed by atoms with Crippen molar-refractivity contribution < 1.29 is 35.9 Å². The zero-order valence-electron chi connectivity index (χ0n) is 28.3. The van der Waals surface area contributed by atoms with Crippen molar-refractivity contribution in [1.29, 1.82) is 5.26 Å². The largest absolute Gasteiger partial charge is 0.461 e. The Morgan fingerprint density at radius 2 is 1.98 bits per heavy atom. The summed E-state index contributed by atoms with van der Waals surface area (Å²) < 4.78 is 97.9. The van der Waals surface area contributed by atoms with Crippen LogP contribution in [0.15, 0.2) is 18.2 Å². The van der Waals surface area contributed by atoms with Crippen LogP contribution in [0.1, 0.15) is 50.8 Å². The second kappa shape index (κ2) is 12.7. The Balaban J connectivity index is 1.32. The predicted molar refractivity (Wildman–Crippen MR) is 188 cm³/mol. The molecule has 3 aromatic heterocycles. The van der Waals surface area contributed by atoms with Gasteiger partial charge < -0.3 is 20.3 Å². The molecule has 53 heavy (non-hydrogen) atoms. The molecule has 2 saturated heterocycles. The minimum atomic E-state index is -5.13. The third-order valence-electron chi connectivity index (χ3n) is 10.2. The maximum absolute atomic E-state index is 17.2. The van der Waals surface area contributed by atoms with E-state index >= 15 is 17.6 Å². The lowest BCUT2D eigenvalue weighted by atomic mass is 9.92. The number of carbonyl (C=O) groups excluding carboxylic acids is 1. The Labute approximate surface area is 306 Å². The molecule has 0 saturated carbocycles. The molecule has 2 aromatic carbocycles. The number of halogens is 6. The smallest absolute Gasteiger partial charge is 0.417 e. The average Bonchev–Trinajstić information content (AvgIpc) is 3.87. The fourth-order valence-electron chi connectivity index (χ4n) is 7.80. The number of nitrogen functional groups attached to an aromatic ring is 1. The Bertz CT molecular complexity index is 2370. The summed E-state index contributed by atoms with van der Waals surface area (Å²) in [4.78, 5) is 31.8. The molecule has 0 bridgehead atoms. The van der Waals surface area contributed by atoms with E-state index in [2.05, 4.69) is 15.0 Å². The van der Waals surface area contributed by atoms with Gasteiger partial charge in [-0.2, -0.15) is 28.4 Å². The van der Waals surface area contributed by atoms with Crippen molar-refractivity contribution >= 4 is 60.4 Å². The minimum Gasteiger partial charge on any atom is -0.461 e. The number of aromatic nitrogens is 3. The van der Waals surface area contributed by atoms with Crippen molar-refractivity contribution in [2.45, 2.75) is 50.1 Å². The van der Waals surface area contributed by atoms with E-state index in [4.69, 9.17) is 10.5 Å². The molecule has 0 spiro atoms. The summed E-state index contributed by atoms with van der Waals surface area (Å²) in [5.74, 6) is -2.56. The summed E-state index contributed by atoms with van der Waals surface area (Å²) in [7, 11) is 3.19. The molecule has 0 aliphatic carbocycles. The first kappa shape index (κ1) is 35.3. The minimum absolute atomic E-state index is 0.0270. The van der Waals surface area contributed by atoms with Crippen LogP contribution in [0, 0.1) is 23.0 Å². The van der Waals surface area contributed by atoms with Crippen LogP contribution in [0.25, 0.3) is 32.1 Å². The average molecular weight is 773 g/mol. The molecule has 3 aliphatic rings. The van der Waals surface area contributed by atoms with Gasteiger partial charge in [-0.05, 0) is 37.1 Å². The van der Waals surface area contributed by atoms with E-state index < -0.39 is 46.2 Å². The van der Waals surface area contributed by atoms with Crippen molar-refractivity contribution in [3.63, 3.8) is 0 Å². The zero-order valence-corrected chi connectivity index (χ0v) is 29.9. The Morgan fingerprint density at radius 1 is 1.19 bits per heavy atom. The number of nitriles is 1. The van der Waals surface area contributed by atoms with Crippen LogP contribution in [0.4, 0.5) is 37.2 Å². The summed E-state index contributed by atoms with van der Waals surface area (Å²) in [5.41, 5.74) is 2.52. The number of amides is 1. The number of anilines is 2. The number of alkyl halides is 4. The molecule has 1 amide bonds. The van der Waals surface area contributed by atoms with E-state index in [1.165, 1.54) is 4.90 Å². The number of fused-ring (bicyclic) bond motifs is 4. The number of benzene rings is 2. The highest BCUT2D eigenvalue weighted by Crippen LogP contribution is 2.48. The second-order valence-corrected chi connectivity index (χ2v) is 15.8. The molecule has 0 radical (unpaired) electrons. The standard InChI is InChI=1S/C35H30F6N8O2S2/c1-47(2)32(50)31-44-22-6-9-48(14-23(22)52-31)30-18-10-20(35(39,40)41)25(17-4-5-21(37)28-24(17)19(12-42)29(43)53-28)26(38)27(18)45-33(46-30)51-15-34-7-3-8-49(34)13-16(36)11-34/h4-5,10,16H,3,6-9,11,13-15,43H2,1-2H3/t16-,34+/m1/s1. The van der Waals surface area contributed by atoms with E-state index in [1.807, 2.05) is 11.0 Å². The number of hydrogen-bond acceptors (Lipinski definition) is 11. The van der Waals surface area contributed by atoms with E-state index in [9.17, 15) is 18.8 Å². The van der Waals surface area contributed by atoms with Gasteiger partial charge in [0.25, 0.3) is 5.91 Å². The molecule has 5 aromatic rings. The monoisotopic (exact) mass is 772 g/mol. The molecule has 2 atom stereocenters. The lowest BCUT2D eigenvalue weighted by Gasteiger charge is -2.31. The quantitative estimate of drug-likeness (QED) is 0.183. The lowest BCUT2D eigenvalue weighted by molar-refractivity contribution is -0.137. The van der Waals surface area contributed by atoms with E-state index in [1.54, 1.807) is 19.0 Å². The van der Waals surface area contributed by atoms with Gasteiger partial charge in [0.1, 0.15) is 41.0 Å².